The highest BCUT2D eigenvalue weighted by Gasteiger charge is 2.29. The highest BCUT2D eigenvalue weighted by atomic mass is 35.5. The van der Waals surface area contributed by atoms with Crippen LogP contribution in [-0.4, -0.2) is 28.4 Å². The molecule has 77 heavy (non-hydrogen) atoms. The van der Waals surface area contributed by atoms with E-state index in [9.17, 15) is 4.39 Å². The molecule has 384 valence electrons. The van der Waals surface area contributed by atoms with Crippen molar-refractivity contribution in [3.05, 3.63) is 223 Å². The smallest absolute Gasteiger partial charge is 0.161 e. The molecule has 0 aromatic heterocycles. The molecule has 0 fully saturated rings. The summed E-state index contributed by atoms with van der Waals surface area (Å²) >= 11 is 43.6. The van der Waals surface area contributed by atoms with Crippen LogP contribution >= 0.6 is 69.6 Å². The molecule has 4 nitrogen and oxygen atoms in total. The van der Waals surface area contributed by atoms with Gasteiger partial charge in [0.05, 0.1) is 43.5 Å². The van der Waals surface area contributed by atoms with Crippen LogP contribution in [-0.2, 0) is 0 Å². The summed E-state index contributed by atoms with van der Waals surface area (Å²) in [5.74, 6) is 1.43. The molecule has 0 amide bonds. The van der Waals surface area contributed by atoms with Gasteiger partial charge in [-0.15, -0.1) is 0 Å². The van der Waals surface area contributed by atoms with Crippen LogP contribution < -0.4 is 18.9 Å². The van der Waals surface area contributed by atoms with Crippen LogP contribution in [0.2, 0.25) is 30.1 Å². The lowest BCUT2D eigenvalue weighted by Gasteiger charge is -2.24. The van der Waals surface area contributed by atoms with Crippen molar-refractivity contribution in [1.82, 2.24) is 0 Å². The molecule has 0 atom stereocenters. The SMILES string of the molecule is COc1ccc(-c2c(OC)cccc2-c2cc(C)ccc2-c2c(-c3c(Cl)ccc(-c4cc(Cl)c(-c5ccc(Cl)cc5)c(-c5ccccc5F)c4-c4ccc(F)cc4)c3Cl)ccc(Cl)c2Cl)c(-c2ccc(OC)c(OC)c2)c1. The molecule has 0 bridgehead atoms. The molecule has 0 N–H and O–H groups in total. The van der Waals surface area contributed by atoms with Crippen LogP contribution in [0.3, 0.4) is 0 Å². The normalized spacial score (nSPS) is 11.2. The lowest BCUT2D eigenvalue weighted by atomic mass is 9.81. The number of rotatable bonds is 13. The lowest BCUT2D eigenvalue weighted by molar-refractivity contribution is 0.355. The molecule has 0 aliphatic heterocycles. The number of methoxy groups -OCH3 is 4. The van der Waals surface area contributed by atoms with Gasteiger partial charge in [0.1, 0.15) is 23.1 Å². The monoisotopic (exact) mass is 1140 g/mol. The Morgan fingerprint density at radius 2 is 0.948 bits per heavy atom. The Kier molecular flexibility index (Phi) is 15.6. The fourth-order valence-corrected chi connectivity index (χ4v) is 11.6. The van der Waals surface area contributed by atoms with E-state index in [0.717, 1.165) is 38.9 Å². The fourth-order valence-electron chi connectivity index (χ4n) is 10.1. The van der Waals surface area contributed by atoms with Crippen molar-refractivity contribution in [3.8, 4) is 123 Å². The number of hydrogen-bond donors (Lipinski definition) is 0. The highest BCUT2D eigenvalue weighted by molar-refractivity contribution is 6.46. The van der Waals surface area contributed by atoms with Crippen molar-refractivity contribution in [3.63, 3.8) is 0 Å². The first-order chi connectivity index (χ1) is 37.2. The van der Waals surface area contributed by atoms with Crippen molar-refractivity contribution in [2.75, 3.05) is 28.4 Å². The van der Waals surface area contributed by atoms with Crippen LogP contribution in [0.4, 0.5) is 8.78 Å². The molecule has 10 aromatic rings. The second-order valence-electron chi connectivity index (χ2n) is 18.0. The minimum atomic E-state index is -0.500. The first kappa shape index (κ1) is 53.4. The minimum absolute atomic E-state index is 0.226. The molecule has 0 spiro atoms. The first-order valence-electron chi connectivity index (χ1n) is 24.0. The molecule has 0 heterocycles. The number of ether oxygens (including phenoxy) is 4. The second-order valence-corrected chi connectivity index (χ2v) is 20.4. The molecular formula is C65H44Cl6F2O4. The van der Waals surface area contributed by atoms with Crippen molar-refractivity contribution in [2.24, 2.45) is 0 Å². The summed E-state index contributed by atoms with van der Waals surface area (Å²) in [5.41, 5.74) is 12.1. The van der Waals surface area contributed by atoms with E-state index in [-0.39, 0.29) is 20.6 Å². The van der Waals surface area contributed by atoms with E-state index in [1.807, 2.05) is 91.9 Å². The molecule has 0 aliphatic rings. The van der Waals surface area contributed by atoms with Gasteiger partial charge in [0.25, 0.3) is 0 Å². The van der Waals surface area contributed by atoms with E-state index in [0.29, 0.717) is 99.3 Å². The highest BCUT2D eigenvalue weighted by Crippen LogP contribution is 2.56. The summed E-state index contributed by atoms with van der Waals surface area (Å²) in [6, 6.07) is 52.1. The average molecular weight is 1140 g/mol. The molecule has 0 unspecified atom stereocenters. The van der Waals surface area contributed by atoms with Gasteiger partial charge in [-0.2, -0.15) is 0 Å². The van der Waals surface area contributed by atoms with Crippen molar-refractivity contribution < 1.29 is 27.7 Å². The zero-order valence-corrected chi connectivity index (χ0v) is 46.4. The third-order valence-corrected chi connectivity index (χ3v) is 15.7. The van der Waals surface area contributed by atoms with E-state index in [2.05, 4.69) is 6.07 Å². The van der Waals surface area contributed by atoms with Gasteiger partial charge in [0.2, 0.25) is 0 Å². The largest absolute Gasteiger partial charge is 0.497 e. The topological polar surface area (TPSA) is 36.9 Å². The molecule has 10 rings (SSSR count). The third-order valence-electron chi connectivity index (χ3n) is 13.6. The molecule has 0 saturated carbocycles. The lowest BCUT2D eigenvalue weighted by Crippen LogP contribution is -1.99. The van der Waals surface area contributed by atoms with Crippen molar-refractivity contribution in [2.45, 2.75) is 6.92 Å². The molecule has 0 aliphatic carbocycles. The predicted molar refractivity (Wildman–Crippen MR) is 316 cm³/mol. The van der Waals surface area contributed by atoms with Crippen LogP contribution in [0.15, 0.2) is 176 Å². The van der Waals surface area contributed by atoms with Gasteiger partial charge >= 0.3 is 0 Å². The maximum atomic E-state index is 16.5. The standard InChI is InChI=1S/C65H44Cl6F2O4/c1-35-13-24-44(49(31-35)42-10-8-12-56(76-4)60(42)43-25-23-41(74-2)33-48(43)38-18-30-55(75-3)57(32-38)77-5)61-47(27-29-52(68)65(61)71)62-51(67)28-26-45(64(62)70)50-34-53(69)59(37-14-19-39(66)20-15-37)63(46-9-6-7-11-54(46)73)58(50)36-16-21-40(72)22-17-36/h6-34H,1-5H3. The summed E-state index contributed by atoms with van der Waals surface area (Å²) < 4.78 is 54.7. The van der Waals surface area contributed by atoms with Crippen molar-refractivity contribution >= 4 is 69.6 Å². The van der Waals surface area contributed by atoms with E-state index in [1.165, 1.54) is 18.2 Å². The number of aryl methyl sites for hydroxylation is 1. The Labute approximate surface area is 475 Å². The molecule has 0 saturated heterocycles. The summed E-state index contributed by atoms with van der Waals surface area (Å²) in [7, 11) is 6.47. The van der Waals surface area contributed by atoms with Crippen LogP contribution in [0.25, 0.3) is 100 Å². The average Bonchev–Trinajstić information content (AvgIpc) is 3.54. The quantitative estimate of drug-likeness (QED) is 0.115. The number of benzene rings is 10. The van der Waals surface area contributed by atoms with E-state index >= 15 is 4.39 Å². The van der Waals surface area contributed by atoms with E-state index < -0.39 is 11.6 Å². The zero-order valence-electron chi connectivity index (χ0n) is 41.9. The van der Waals surface area contributed by atoms with E-state index in [1.54, 1.807) is 95.2 Å². The van der Waals surface area contributed by atoms with Crippen LogP contribution in [0.1, 0.15) is 5.56 Å². The van der Waals surface area contributed by atoms with Gasteiger partial charge in [-0.25, -0.2) is 8.78 Å². The summed E-state index contributed by atoms with van der Waals surface area (Å²) in [6.45, 7) is 2.02. The Bertz CT molecular complexity index is 3920. The Balaban J connectivity index is 1.24. The first-order valence-corrected chi connectivity index (χ1v) is 26.3. The predicted octanol–water partition coefficient (Wildman–Crippen LogP) is 21.2. The van der Waals surface area contributed by atoms with Gasteiger partial charge in [-0.05, 0) is 153 Å². The molecular weight excluding hydrogens is 1100 g/mol. The maximum Gasteiger partial charge on any atom is 0.161 e. The summed E-state index contributed by atoms with van der Waals surface area (Å²) in [4.78, 5) is 0. The summed E-state index contributed by atoms with van der Waals surface area (Å²) in [6.07, 6.45) is 0. The van der Waals surface area contributed by atoms with Gasteiger partial charge < -0.3 is 18.9 Å². The molecule has 0 radical (unpaired) electrons. The van der Waals surface area contributed by atoms with Gasteiger partial charge in [-0.1, -0.05) is 166 Å². The van der Waals surface area contributed by atoms with Gasteiger partial charge in [0.15, 0.2) is 11.5 Å². The third kappa shape index (κ3) is 10.1. The molecule has 12 heteroatoms. The maximum absolute atomic E-state index is 16.5. The zero-order chi connectivity index (χ0) is 54.2. The Morgan fingerprint density at radius 3 is 1.66 bits per heavy atom. The number of hydrogen-bond acceptors (Lipinski definition) is 4. The summed E-state index contributed by atoms with van der Waals surface area (Å²) in [5, 5.41) is 1.86. The number of halogens is 8. The Hall–Kier alpha value is -7.00. The molecule has 10 aromatic carbocycles. The van der Waals surface area contributed by atoms with Crippen molar-refractivity contribution in [1.29, 1.82) is 0 Å². The minimum Gasteiger partial charge on any atom is -0.497 e. The van der Waals surface area contributed by atoms with Gasteiger partial charge in [0, 0.05) is 54.0 Å². The van der Waals surface area contributed by atoms with E-state index in [4.69, 9.17) is 88.6 Å². The second kappa shape index (κ2) is 22.5. The Morgan fingerprint density at radius 1 is 0.325 bits per heavy atom. The van der Waals surface area contributed by atoms with Gasteiger partial charge in [-0.3, -0.25) is 0 Å². The van der Waals surface area contributed by atoms with Crippen LogP contribution in [0, 0.1) is 18.6 Å². The van der Waals surface area contributed by atoms with Crippen LogP contribution in [0.5, 0.6) is 23.0 Å². The fraction of sp³-hybridized carbons (Fsp3) is 0.0769.